The van der Waals surface area contributed by atoms with Gasteiger partial charge in [-0.05, 0) is 53.9 Å². The van der Waals surface area contributed by atoms with Gasteiger partial charge in [-0.25, -0.2) is 9.59 Å². The molecule has 0 aromatic heterocycles. The van der Waals surface area contributed by atoms with Gasteiger partial charge in [0.15, 0.2) is 0 Å². The first-order chi connectivity index (χ1) is 12.3. The van der Waals surface area contributed by atoms with E-state index in [9.17, 15) is 9.59 Å². The minimum atomic E-state index is -0.838. The fourth-order valence-electron chi connectivity index (χ4n) is 1.49. The minimum absolute atomic E-state index is 0. The molecule has 0 unspecified atom stereocenters. The standard InChI is InChI=1S/2C5H11NO2.2C4H11N.Pd/c2*1-3-6(4-2)5(7)8;2*1-3-5-4-2;/h2*3-4H2,1-2H3,(H,7,8);2*5H,3-4H2,1-2H3;. The summed E-state index contributed by atoms with van der Waals surface area (Å²) in [6.07, 6.45) is -1.68. The van der Waals surface area contributed by atoms with Gasteiger partial charge in [0.05, 0.1) is 0 Å². The van der Waals surface area contributed by atoms with Crippen molar-refractivity contribution in [1.29, 1.82) is 0 Å². The summed E-state index contributed by atoms with van der Waals surface area (Å²) in [5, 5.41) is 22.8. The summed E-state index contributed by atoms with van der Waals surface area (Å²) >= 11 is 0. The Morgan fingerprint density at radius 3 is 0.778 bits per heavy atom. The molecule has 0 radical (unpaired) electrons. The third-order valence-electron chi connectivity index (χ3n) is 3.07. The van der Waals surface area contributed by atoms with Crippen LogP contribution in [0.5, 0.6) is 0 Å². The molecule has 9 heteroatoms. The SMILES string of the molecule is CCN(CC)C(=O)O.CCN(CC)C(=O)O.CCNCC.CCNCC.[Pd]. The van der Waals surface area contributed by atoms with Crippen molar-refractivity contribution in [2.24, 2.45) is 0 Å². The molecule has 0 aliphatic heterocycles. The number of rotatable bonds is 8. The van der Waals surface area contributed by atoms with Gasteiger partial charge in [0.25, 0.3) is 0 Å². The predicted octanol–water partition coefficient (Wildman–Crippen LogP) is 3.24. The summed E-state index contributed by atoms with van der Waals surface area (Å²) in [6, 6.07) is 0. The van der Waals surface area contributed by atoms with Gasteiger partial charge in [0.1, 0.15) is 0 Å². The Morgan fingerprint density at radius 2 is 0.778 bits per heavy atom. The largest absolute Gasteiger partial charge is 0.465 e. The summed E-state index contributed by atoms with van der Waals surface area (Å²) in [5.74, 6) is 0. The van der Waals surface area contributed by atoms with E-state index in [1.54, 1.807) is 0 Å². The number of hydrogen-bond donors (Lipinski definition) is 4. The fourth-order valence-corrected chi connectivity index (χ4v) is 1.49. The Bertz CT molecular complexity index is 259. The number of hydrogen-bond acceptors (Lipinski definition) is 4. The zero-order chi connectivity index (χ0) is 21.4. The van der Waals surface area contributed by atoms with Gasteiger partial charge in [0, 0.05) is 46.6 Å². The van der Waals surface area contributed by atoms with Crippen molar-refractivity contribution in [1.82, 2.24) is 20.4 Å². The van der Waals surface area contributed by atoms with Gasteiger partial charge in [-0.2, -0.15) is 0 Å². The molecule has 0 spiro atoms. The maximum atomic E-state index is 10.1. The molecule has 4 N–H and O–H groups in total. The van der Waals surface area contributed by atoms with Crippen molar-refractivity contribution in [3.8, 4) is 0 Å². The molecule has 0 aliphatic rings. The van der Waals surface area contributed by atoms with Crippen molar-refractivity contribution in [2.75, 3.05) is 52.4 Å². The third kappa shape index (κ3) is 36.7. The van der Waals surface area contributed by atoms with Crippen molar-refractivity contribution in [3.05, 3.63) is 0 Å². The van der Waals surface area contributed by atoms with E-state index in [4.69, 9.17) is 10.2 Å². The maximum Gasteiger partial charge on any atom is 0.407 e. The smallest absolute Gasteiger partial charge is 0.407 e. The quantitative estimate of drug-likeness (QED) is 0.392. The van der Waals surface area contributed by atoms with Gasteiger partial charge in [-0.1, -0.05) is 27.7 Å². The average molecular weight is 487 g/mol. The molecule has 27 heavy (non-hydrogen) atoms. The van der Waals surface area contributed by atoms with Crippen LogP contribution in [0.3, 0.4) is 0 Å². The van der Waals surface area contributed by atoms with Crippen LogP contribution in [0.25, 0.3) is 0 Å². The first-order valence-electron chi connectivity index (χ1n) is 9.64. The van der Waals surface area contributed by atoms with Crippen LogP contribution in [-0.2, 0) is 20.4 Å². The monoisotopic (exact) mass is 486 g/mol. The minimum Gasteiger partial charge on any atom is -0.465 e. The molecule has 170 valence electrons. The molecule has 8 nitrogen and oxygen atoms in total. The normalized spacial score (nSPS) is 8.30. The molecule has 0 saturated heterocycles. The first-order valence-corrected chi connectivity index (χ1v) is 9.64. The van der Waals surface area contributed by atoms with Gasteiger partial charge < -0.3 is 30.6 Å². The van der Waals surface area contributed by atoms with E-state index in [-0.39, 0.29) is 20.4 Å². The van der Waals surface area contributed by atoms with E-state index in [1.807, 2.05) is 27.7 Å². The van der Waals surface area contributed by atoms with Gasteiger partial charge in [0.2, 0.25) is 0 Å². The van der Waals surface area contributed by atoms with Crippen LogP contribution in [0, 0.1) is 0 Å². The Hall–Kier alpha value is -0.878. The molecule has 0 saturated carbocycles. The van der Waals surface area contributed by atoms with E-state index in [2.05, 4.69) is 38.3 Å². The molecule has 0 aliphatic carbocycles. The van der Waals surface area contributed by atoms with Gasteiger partial charge >= 0.3 is 12.2 Å². The van der Waals surface area contributed by atoms with Crippen molar-refractivity contribution in [3.63, 3.8) is 0 Å². The molecule has 0 atom stereocenters. The summed E-state index contributed by atoms with van der Waals surface area (Å²) in [7, 11) is 0. The van der Waals surface area contributed by atoms with Gasteiger partial charge in [-0.3, -0.25) is 0 Å². The van der Waals surface area contributed by atoms with E-state index in [1.165, 1.54) is 9.80 Å². The maximum absolute atomic E-state index is 10.1. The Labute approximate surface area is 180 Å². The number of amides is 2. The Kier molecular flexibility index (Phi) is 44.8. The van der Waals surface area contributed by atoms with Crippen LogP contribution in [0.15, 0.2) is 0 Å². The predicted molar refractivity (Wildman–Crippen MR) is 110 cm³/mol. The number of nitrogens with zero attached hydrogens (tertiary/aromatic N) is 2. The molecular formula is C18H44N4O4Pd. The number of carboxylic acid groups (broad SMARTS) is 2. The topological polar surface area (TPSA) is 105 Å². The second kappa shape index (κ2) is 32.8. The Morgan fingerprint density at radius 1 is 0.593 bits per heavy atom. The summed E-state index contributed by atoms with van der Waals surface area (Å²) < 4.78 is 0. The molecule has 0 heterocycles. The van der Waals surface area contributed by atoms with Crippen LogP contribution < -0.4 is 10.6 Å². The van der Waals surface area contributed by atoms with Crippen LogP contribution in [0.4, 0.5) is 9.59 Å². The molecule has 0 aromatic rings. The van der Waals surface area contributed by atoms with Crippen molar-refractivity contribution < 1.29 is 40.2 Å². The zero-order valence-corrected chi connectivity index (χ0v) is 20.1. The molecule has 0 rings (SSSR count). The fraction of sp³-hybridized carbons (Fsp3) is 0.889. The van der Waals surface area contributed by atoms with E-state index in [0.29, 0.717) is 26.2 Å². The van der Waals surface area contributed by atoms with E-state index >= 15 is 0 Å². The molecule has 0 bridgehead atoms. The van der Waals surface area contributed by atoms with Crippen LogP contribution in [-0.4, -0.2) is 84.6 Å². The zero-order valence-electron chi connectivity index (χ0n) is 18.6. The van der Waals surface area contributed by atoms with E-state index < -0.39 is 12.2 Å². The second-order valence-corrected chi connectivity index (χ2v) is 4.82. The average Bonchev–Trinajstić information content (AvgIpc) is 2.59. The summed E-state index contributed by atoms with van der Waals surface area (Å²) in [4.78, 5) is 22.8. The first kappa shape index (κ1) is 37.0. The van der Waals surface area contributed by atoms with Gasteiger partial charge in [-0.15, -0.1) is 0 Å². The van der Waals surface area contributed by atoms with Crippen LogP contribution in [0.1, 0.15) is 55.4 Å². The molecule has 0 fully saturated rings. The molecular weight excluding hydrogens is 443 g/mol. The molecule has 0 aromatic carbocycles. The second-order valence-electron chi connectivity index (χ2n) is 4.82. The van der Waals surface area contributed by atoms with Crippen molar-refractivity contribution in [2.45, 2.75) is 55.4 Å². The van der Waals surface area contributed by atoms with Crippen LogP contribution in [0.2, 0.25) is 0 Å². The number of nitrogens with one attached hydrogen (secondary N) is 2. The number of carbonyl (C=O) groups is 2. The molecule has 2 amide bonds. The van der Waals surface area contributed by atoms with Crippen molar-refractivity contribution >= 4 is 12.2 Å². The van der Waals surface area contributed by atoms with E-state index in [0.717, 1.165) is 26.2 Å². The van der Waals surface area contributed by atoms with Crippen LogP contribution >= 0.6 is 0 Å². The third-order valence-corrected chi connectivity index (χ3v) is 3.07. The Balaban J connectivity index is -0.0000000807. The summed E-state index contributed by atoms with van der Waals surface area (Å²) in [5.41, 5.74) is 0. The summed E-state index contributed by atoms with van der Waals surface area (Å²) in [6.45, 7) is 22.3.